The zero-order valence-electron chi connectivity index (χ0n) is 10.4. The summed E-state index contributed by atoms with van der Waals surface area (Å²) in [4.78, 5) is 7.70. The maximum absolute atomic E-state index is 5.28. The Bertz CT molecular complexity index is 596. The van der Waals surface area contributed by atoms with E-state index in [4.69, 9.17) is 12.2 Å². The van der Waals surface area contributed by atoms with E-state index in [1.807, 2.05) is 14.0 Å². The standard InChI is InChI=1S/C11H15N5S/c1-6(2)10-13-9(7(3)11(17)14-10)8-5-12-15-16(8)4/h5-6H,1-4H3,(H,13,14,17). The summed E-state index contributed by atoms with van der Waals surface area (Å²) in [5.41, 5.74) is 2.81. The Balaban J connectivity index is 2.69. The molecule has 0 fully saturated rings. The van der Waals surface area contributed by atoms with Crippen LogP contribution in [0.15, 0.2) is 6.20 Å². The molecule has 0 amide bonds. The average Bonchev–Trinajstić information content (AvgIpc) is 2.68. The lowest BCUT2D eigenvalue weighted by Gasteiger charge is -2.11. The molecule has 0 spiro atoms. The van der Waals surface area contributed by atoms with Gasteiger partial charge in [-0.15, -0.1) is 5.10 Å². The van der Waals surface area contributed by atoms with Crippen LogP contribution < -0.4 is 0 Å². The number of aromatic nitrogens is 5. The predicted octanol–water partition coefficient (Wildman–Crippen LogP) is 2.37. The molecule has 0 bridgehead atoms. The summed E-state index contributed by atoms with van der Waals surface area (Å²) in [7, 11) is 1.86. The van der Waals surface area contributed by atoms with Gasteiger partial charge in [0.15, 0.2) is 0 Å². The lowest BCUT2D eigenvalue weighted by atomic mass is 10.1. The molecule has 0 saturated heterocycles. The molecule has 5 nitrogen and oxygen atoms in total. The van der Waals surface area contributed by atoms with Gasteiger partial charge in [-0.3, -0.25) is 0 Å². The fraction of sp³-hybridized carbons (Fsp3) is 0.455. The molecule has 0 unspecified atom stereocenters. The van der Waals surface area contributed by atoms with Crippen LogP contribution in [-0.2, 0) is 7.05 Å². The van der Waals surface area contributed by atoms with Crippen molar-refractivity contribution >= 4 is 12.2 Å². The first-order valence-electron chi connectivity index (χ1n) is 5.46. The molecule has 0 aliphatic carbocycles. The van der Waals surface area contributed by atoms with E-state index in [0.29, 0.717) is 10.6 Å². The number of hydrogen-bond donors (Lipinski definition) is 1. The van der Waals surface area contributed by atoms with Crippen molar-refractivity contribution in [1.29, 1.82) is 0 Å². The van der Waals surface area contributed by atoms with E-state index in [9.17, 15) is 0 Å². The molecular weight excluding hydrogens is 234 g/mol. The molecule has 1 N–H and O–H groups in total. The predicted molar refractivity (Wildman–Crippen MR) is 68.2 cm³/mol. The number of aromatic amines is 1. The van der Waals surface area contributed by atoms with Gasteiger partial charge < -0.3 is 4.98 Å². The lowest BCUT2D eigenvalue weighted by Crippen LogP contribution is -2.04. The molecule has 2 rings (SSSR count). The quantitative estimate of drug-likeness (QED) is 0.830. The van der Waals surface area contributed by atoms with Crippen molar-refractivity contribution in [3.63, 3.8) is 0 Å². The largest absolute Gasteiger partial charge is 0.341 e. The van der Waals surface area contributed by atoms with Gasteiger partial charge in [0.2, 0.25) is 0 Å². The zero-order valence-corrected chi connectivity index (χ0v) is 11.2. The second-order valence-corrected chi connectivity index (χ2v) is 4.71. The van der Waals surface area contributed by atoms with E-state index in [2.05, 4.69) is 34.1 Å². The van der Waals surface area contributed by atoms with Gasteiger partial charge in [0, 0.05) is 18.5 Å². The van der Waals surface area contributed by atoms with Crippen LogP contribution in [0, 0.1) is 11.6 Å². The van der Waals surface area contributed by atoms with Gasteiger partial charge in [0.1, 0.15) is 16.2 Å². The van der Waals surface area contributed by atoms with E-state index in [1.54, 1.807) is 10.9 Å². The van der Waals surface area contributed by atoms with E-state index < -0.39 is 0 Å². The Morgan fingerprint density at radius 3 is 2.65 bits per heavy atom. The molecule has 0 aliphatic heterocycles. The molecule has 0 atom stereocenters. The summed E-state index contributed by atoms with van der Waals surface area (Å²) in [5, 5.41) is 7.81. The first-order valence-corrected chi connectivity index (χ1v) is 5.87. The first kappa shape index (κ1) is 11.9. The minimum atomic E-state index is 0.303. The molecule has 0 saturated carbocycles. The minimum absolute atomic E-state index is 0.303. The van der Waals surface area contributed by atoms with Gasteiger partial charge in [0.25, 0.3) is 0 Å². The summed E-state index contributed by atoms with van der Waals surface area (Å²) in [5.74, 6) is 1.19. The summed E-state index contributed by atoms with van der Waals surface area (Å²) in [6.07, 6.45) is 1.72. The van der Waals surface area contributed by atoms with E-state index >= 15 is 0 Å². The molecule has 17 heavy (non-hydrogen) atoms. The molecule has 90 valence electrons. The van der Waals surface area contributed by atoms with Gasteiger partial charge in [-0.25, -0.2) is 9.67 Å². The van der Waals surface area contributed by atoms with E-state index in [-0.39, 0.29) is 0 Å². The van der Waals surface area contributed by atoms with Crippen LogP contribution in [0.5, 0.6) is 0 Å². The van der Waals surface area contributed by atoms with E-state index in [0.717, 1.165) is 22.8 Å². The molecule has 0 radical (unpaired) electrons. The highest BCUT2D eigenvalue weighted by Gasteiger charge is 2.12. The number of aryl methyl sites for hydroxylation is 1. The molecular formula is C11H15N5S. The van der Waals surface area contributed by atoms with Crippen LogP contribution in [0.3, 0.4) is 0 Å². The summed E-state index contributed by atoms with van der Waals surface area (Å²) in [6.45, 7) is 6.11. The second-order valence-electron chi connectivity index (χ2n) is 4.32. The van der Waals surface area contributed by atoms with Crippen LogP contribution in [-0.4, -0.2) is 25.0 Å². The van der Waals surface area contributed by atoms with E-state index in [1.165, 1.54) is 0 Å². The Hall–Kier alpha value is -1.56. The fourth-order valence-electron chi connectivity index (χ4n) is 1.60. The third-order valence-electron chi connectivity index (χ3n) is 2.69. The van der Waals surface area contributed by atoms with Gasteiger partial charge in [0.05, 0.1) is 11.9 Å². The number of hydrogen-bond acceptors (Lipinski definition) is 4. The molecule has 2 aromatic heterocycles. The normalized spacial score (nSPS) is 11.1. The van der Waals surface area contributed by atoms with Crippen molar-refractivity contribution in [2.75, 3.05) is 0 Å². The Morgan fingerprint density at radius 1 is 1.41 bits per heavy atom. The van der Waals surface area contributed by atoms with Crippen LogP contribution >= 0.6 is 12.2 Å². The van der Waals surface area contributed by atoms with Gasteiger partial charge in [-0.1, -0.05) is 31.3 Å². The van der Waals surface area contributed by atoms with Crippen LogP contribution in [0.2, 0.25) is 0 Å². The number of rotatable bonds is 2. The zero-order chi connectivity index (χ0) is 12.6. The SMILES string of the molecule is Cc1c(-c2cnnn2C)[nH]c(C(C)C)nc1=S. The van der Waals surface area contributed by atoms with Gasteiger partial charge in [-0.2, -0.15) is 0 Å². The van der Waals surface area contributed by atoms with Gasteiger partial charge in [-0.05, 0) is 6.92 Å². The highest BCUT2D eigenvalue weighted by molar-refractivity contribution is 7.71. The average molecular weight is 249 g/mol. The molecule has 6 heteroatoms. The maximum atomic E-state index is 5.28. The van der Waals surface area contributed by atoms with Crippen molar-refractivity contribution in [1.82, 2.24) is 25.0 Å². The minimum Gasteiger partial charge on any atom is -0.341 e. The third kappa shape index (κ3) is 2.12. The van der Waals surface area contributed by atoms with Crippen LogP contribution in [0.4, 0.5) is 0 Å². The summed E-state index contributed by atoms with van der Waals surface area (Å²) >= 11 is 5.28. The topological polar surface area (TPSA) is 59.4 Å². The Kier molecular flexibility index (Phi) is 3.06. The van der Waals surface area contributed by atoms with Crippen LogP contribution in [0.25, 0.3) is 11.4 Å². The second kappa shape index (κ2) is 4.37. The molecule has 2 aromatic rings. The smallest absolute Gasteiger partial charge is 0.133 e. The van der Waals surface area contributed by atoms with Crippen molar-refractivity contribution < 1.29 is 0 Å². The summed E-state index contributed by atoms with van der Waals surface area (Å²) in [6, 6.07) is 0. The lowest BCUT2D eigenvalue weighted by molar-refractivity contribution is 0.714. The highest BCUT2D eigenvalue weighted by Crippen LogP contribution is 2.22. The van der Waals surface area contributed by atoms with Crippen LogP contribution in [0.1, 0.15) is 31.2 Å². The number of nitrogens with one attached hydrogen (secondary N) is 1. The van der Waals surface area contributed by atoms with Crippen molar-refractivity contribution in [3.8, 4) is 11.4 Å². The number of H-pyrrole nitrogens is 1. The van der Waals surface area contributed by atoms with Crippen molar-refractivity contribution in [2.45, 2.75) is 26.7 Å². The molecule has 2 heterocycles. The summed E-state index contributed by atoms with van der Waals surface area (Å²) < 4.78 is 2.35. The first-order chi connectivity index (χ1) is 8.00. The molecule has 0 aliphatic rings. The highest BCUT2D eigenvalue weighted by atomic mass is 32.1. The van der Waals surface area contributed by atoms with Crippen molar-refractivity contribution in [2.24, 2.45) is 7.05 Å². The molecule has 0 aromatic carbocycles. The number of nitrogens with zero attached hydrogens (tertiary/aromatic N) is 4. The third-order valence-corrected chi connectivity index (χ3v) is 3.09. The van der Waals surface area contributed by atoms with Crippen molar-refractivity contribution in [3.05, 3.63) is 22.2 Å². The Morgan fingerprint density at radius 2 is 2.12 bits per heavy atom. The fourth-order valence-corrected chi connectivity index (χ4v) is 1.80. The maximum Gasteiger partial charge on any atom is 0.133 e. The monoisotopic (exact) mass is 249 g/mol. The van der Waals surface area contributed by atoms with Gasteiger partial charge >= 0.3 is 0 Å². The Labute approximate surface area is 105 Å².